The molecule has 7 nitrogen and oxygen atoms in total. The van der Waals surface area contributed by atoms with Crippen molar-refractivity contribution >= 4 is 22.6 Å². The summed E-state index contributed by atoms with van der Waals surface area (Å²) in [4.78, 5) is 24.5. The van der Waals surface area contributed by atoms with Crippen LogP contribution in [0.4, 0.5) is 0 Å². The van der Waals surface area contributed by atoms with E-state index in [2.05, 4.69) is 5.10 Å². The van der Waals surface area contributed by atoms with Crippen LogP contribution in [0.3, 0.4) is 0 Å². The second kappa shape index (κ2) is 5.08. The van der Waals surface area contributed by atoms with Gasteiger partial charge >= 0.3 is 5.97 Å². The summed E-state index contributed by atoms with van der Waals surface area (Å²) in [6, 6.07) is 2.69. The molecular formula is C14H15N3O4. The molecule has 0 aliphatic heterocycles. The molecule has 3 rings (SSSR count). The van der Waals surface area contributed by atoms with E-state index in [1.807, 2.05) is 6.92 Å². The molecule has 0 radical (unpaired) electrons. The second-order valence-electron chi connectivity index (χ2n) is 4.63. The minimum atomic E-state index is -0.719. The highest BCUT2D eigenvalue weighted by atomic mass is 16.5. The summed E-state index contributed by atoms with van der Waals surface area (Å²) in [5.41, 5.74) is 1.45. The van der Waals surface area contributed by atoms with Gasteiger partial charge in [-0.25, -0.2) is 9.48 Å². The maximum Gasteiger partial charge on any atom is 0.331 e. The van der Waals surface area contributed by atoms with Gasteiger partial charge in [0, 0.05) is 12.1 Å². The Morgan fingerprint density at radius 1 is 1.43 bits per heavy atom. The third-order valence-corrected chi connectivity index (χ3v) is 3.42. The van der Waals surface area contributed by atoms with Crippen molar-refractivity contribution in [2.45, 2.75) is 26.3 Å². The summed E-state index contributed by atoms with van der Waals surface area (Å²) in [5.74, 6) is -0.450. The summed E-state index contributed by atoms with van der Waals surface area (Å²) in [7, 11) is 0. The lowest BCUT2D eigenvalue weighted by atomic mass is 10.2. The molecule has 0 aliphatic carbocycles. The Balaban J connectivity index is 2.16. The van der Waals surface area contributed by atoms with E-state index < -0.39 is 12.0 Å². The number of aromatic nitrogens is 3. The van der Waals surface area contributed by atoms with Crippen molar-refractivity contribution < 1.29 is 13.9 Å². The largest absolute Gasteiger partial charge is 0.464 e. The molecule has 0 saturated heterocycles. The van der Waals surface area contributed by atoms with Crippen LogP contribution in [0, 0.1) is 0 Å². The van der Waals surface area contributed by atoms with Gasteiger partial charge in [-0.05, 0) is 13.3 Å². The van der Waals surface area contributed by atoms with E-state index in [4.69, 9.17) is 9.15 Å². The molecule has 7 heteroatoms. The van der Waals surface area contributed by atoms with Crippen molar-refractivity contribution in [3.05, 3.63) is 35.1 Å². The Hall–Kier alpha value is -2.57. The fourth-order valence-corrected chi connectivity index (χ4v) is 2.41. The van der Waals surface area contributed by atoms with Crippen LogP contribution in [0.15, 0.2) is 33.9 Å². The van der Waals surface area contributed by atoms with Crippen molar-refractivity contribution in [2.24, 2.45) is 0 Å². The predicted octanol–water partition coefficient (Wildman–Crippen LogP) is 1.76. The quantitative estimate of drug-likeness (QED) is 0.684. The van der Waals surface area contributed by atoms with Gasteiger partial charge in [-0.15, -0.1) is 0 Å². The number of hydrogen-bond donors (Lipinski definition) is 0. The number of rotatable bonds is 4. The Morgan fingerprint density at radius 3 is 2.95 bits per heavy atom. The lowest BCUT2D eigenvalue weighted by Gasteiger charge is -2.15. The number of ether oxygens (including phenoxy) is 1. The van der Waals surface area contributed by atoms with Gasteiger partial charge < -0.3 is 9.15 Å². The SMILES string of the molecule is CCOC(=O)C(CC)n1ncn2c(cc3occc32)c1=O. The maximum absolute atomic E-state index is 12.5. The number of carbonyl (C=O) groups is 1. The minimum absolute atomic E-state index is 0.268. The van der Waals surface area contributed by atoms with Crippen LogP contribution in [0.2, 0.25) is 0 Å². The van der Waals surface area contributed by atoms with Gasteiger partial charge in [0.15, 0.2) is 11.6 Å². The van der Waals surface area contributed by atoms with E-state index in [9.17, 15) is 9.59 Å². The van der Waals surface area contributed by atoms with Crippen molar-refractivity contribution in [2.75, 3.05) is 6.61 Å². The summed E-state index contributed by atoms with van der Waals surface area (Å²) < 4.78 is 13.1. The Morgan fingerprint density at radius 2 is 2.24 bits per heavy atom. The van der Waals surface area contributed by atoms with E-state index in [1.54, 1.807) is 29.7 Å². The monoisotopic (exact) mass is 289 g/mol. The minimum Gasteiger partial charge on any atom is -0.464 e. The van der Waals surface area contributed by atoms with Crippen LogP contribution >= 0.6 is 0 Å². The first-order valence-corrected chi connectivity index (χ1v) is 6.80. The molecule has 0 saturated carbocycles. The topological polar surface area (TPSA) is 78.7 Å². The van der Waals surface area contributed by atoms with Crippen LogP contribution in [-0.2, 0) is 9.53 Å². The number of nitrogens with zero attached hydrogens (tertiary/aromatic N) is 3. The molecule has 3 aromatic heterocycles. The average molecular weight is 289 g/mol. The van der Waals surface area contributed by atoms with Gasteiger partial charge in [-0.1, -0.05) is 6.92 Å². The van der Waals surface area contributed by atoms with Gasteiger partial charge in [-0.2, -0.15) is 5.10 Å². The molecule has 0 bridgehead atoms. The molecule has 1 atom stereocenters. The first kappa shape index (κ1) is 13.4. The van der Waals surface area contributed by atoms with Crippen LogP contribution in [0.25, 0.3) is 16.6 Å². The predicted molar refractivity (Wildman–Crippen MR) is 75.2 cm³/mol. The third kappa shape index (κ3) is 2.01. The smallest absolute Gasteiger partial charge is 0.331 e. The summed E-state index contributed by atoms with van der Waals surface area (Å²) in [5, 5.41) is 4.11. The van der Waals surface area contributed by atoms with Crippen molar-refractivity contribution in [1.29, 1.82) is 0 Å². The standard InChI is InChI=1S/C14H15N3O4/c1-3-9(14(19)20-4-2)17-13(18)11-7-12-10(5-6-21-12)16(11)8-15-17/h5-9H,3-4H2,1-2H3. The molecule has 3 aromatic rings. The second-order valence-corrected chi connectivity index (χ2v) is 4.63. The lowest BCUT2D eigenvalue weighted by molar-refractivity contribution is -0.147. The van der Waals surface area contributed by atoms with E-state index >= 15 is 0 Å². The molecule has 1 unspecified atom stereocenters. The molecule has 0 spiro atoms. The van der Waals surface area contributed by atoms with Crippen molar-refractivity contribution in [3.8, 4) is 0 Å². The van der Waals surface area contributed by atoms with Gasteiger partial charge in [0.25, 0.3) is 5.56 Å². The van der Waals surface area contributed by atoms with E-state index in [1.165, 1.54) is 11.0 Å². The molecule has 0 fully saturated rings. The van der Waals surface area contributed by atoms with E-state index in [0.29, 0.717) is 17.5 Å². The molecular weight excluding hydrogens is 274 g/mol. The zero-order valence-electron chi connectivity index (χ0n) is 11.8. The zero-order valence-corrected chi connectivity index (χ0v) is 11.8. The maximum atomic E-state index is 12.5. The van der Waals surface area contributed by atoms with Gasteiger partial charge in [0.05, 0.1) is 18.4 Å². The number of fused-ring (bicyclic) bond motifs is 3. The van der Waals surface area contributed by atoms with Crippen molar-refractivity contribution in [3.63, 3.8) is 0 Å². The Labute approximate surface area is 119 Å². The zero-order chi connectivity index (χ0) is 15.0. The van der Waals surface area contributed by atoms with E-state index in [0.717, 1.165) is 5.52 Å². The lowest BCUT2D eigenvalue weighted by Crippen LogP contribution is -2.33. The molecule has 3 heterocycles. The van der Waals surface area contributed by atoms with Gasteiger partial charge in [0.1, 0.15) is 11.8 Å². The Kier molecular flexibility index (Phi) is 3.25. The molecule has 0 N–H and O–H groups in total. The van der Waals surface area contributed by atoms with E-state index in [-0.39, 0.29) is 12.2 Å². The molecule has 0 aromatic carbocycles. The van der Waals surface area contributed by atoms with Gasteiger partial charge in [-0.3, -0.25) is 9.20 Å². The first-order valence-electron chi connectivity index (χ1n) is 6.80. The van der Waals surface area contributed by atoms with Crippen LogP contribution in [0.5, 0.6) is 0 Å². The highest BCUT2D eigenvalue weighted by molar-refractivity contribution is 5.82. The number of furan rings is 1. The molecule has 110 valence electrons. The Bertz CT molecular complexity index is 858. The van der Waals surface area contributed by atoms with Gasteiger partial charge in [0.2, 0.25) is 0 Å². The molecule has 0 aliphatic rings. The fraction of sp³-hybridized carbons (Fsp3) is 0.357. The summed E-state index contributed by atoms with van der Waals surface area (Å²) >= 11 is 0. The van der Waals surface area contributed by atoms with Crippen LogP contribution in [-0.4, -0.2) is 26.8 Å². The third-order valence-electron chi connectivity index (χ3n) is 3.42. The highest BCUT2D eigenvalue weighted by Gasteiger charge is 2.23. The normalized spacial score (nSPS) is 12.9. The van der Waals surface area contributed by atoms with Crippen molar-refractivity contribution in [1.82, 2.24) is 14.2 Å². The van der Waals surface area contributed by atoms with Crippen LogP contribution < -0.4 is 5.56 Å². The average Bonchev–Trinajstić information content (AvgIpc) is 3.04. The summed E-state index contributed by atoms with van der Waals surface area (Å²) in [6.45, 7) is 3.81. The highest BCUT2D eigenvalue weighted by Crippen LogP contribution is 2.19. The first-order chi connectivity index (χ1) is 10.2. The molecule has 0 amide bonds. The number of esters is 1. The van der Waals surface area contributed by atoms with Crippen LogP contribution in [0.1, 0.15) is 26.3 Å². The fourth-order valence-electron chi connectivity index (χ4n) is 2.41. The number of carbonyl (C=O) groups excluding carboxylic acids is 1. The summed E-state index contributed by atoms with van der Waals surface area (Å²) in [6.07, 6.45) is 3.49. The molecule has 21 heavy (non-hydrogen) atoms. The number of hydrogen-bond acceptors (Lipinski definition) is 5.